The number of hydrogen-bond acceptors (Lipinski definition) is 7. The van der Waals surface area contributed by atoms with Crippen molar-refractivity contribution in [2.75, 3.05) is 7.11 Å². The molecule has 2 aromatic heterocycles. The molecule has 2 heterocycles. The summed E-state index contributed by atoms with van der Waals surface area (Å²) in [4.78, 5) is 40.5. The van der Waals surface area contributed by atoms with Crippen molar-refractivity contribution < 1.29 is 33.7 Å². The van der Waals surface area contributed by atoms with E-state index in [1.54, 1.807) is 61.8 Å². The Bertz CT molecular complexity index is 1770. The predicted octanol–water partition coefficient (Wildman–Crippen LogP) is 4.23. The molecule has 1 amide bonds. The van der Waals surface area contributed by atoms with Crippen LogP contribution >= 0.6 is 0 Å². The fraction of sp³-hybridized carbons (Fsp3) is 0.167. The fourth-order valence-electron chi connectivity index (χ4n) is 4.44. The second-order valence-electron chi connectivity index (χ2n) is 9.28. The molecule has 0 aliphatic rings. The van der Waals surface area contributed by atoms with Crippen LogP contribution in [0, 0.1) is 0 Å². The van der Waals surface area contributed by atoms with Crippen LogP contribution in [-0.4, -0.2) is 46.3 Å². The third kappa shape index (κ3) is 5.46. The maximum atomic E-state index is 12.8. The molecule has 2 atom stereocenters. The number of amides is 1. The maximum Gasteiger partial charge on any atom is 0.344 e. The molecule has 4 N–H and O–H groups in total. The van der Waals surface area contributed by atoms with Gasteiger partial charge in [-0.2, -0.15) is 0 Å². The van der Waals surface area contributed by atoms with Gasteiger partial charge < -0.3 is 34.4 Å². The molecule has 0 saturated carbocycles. The van der Waals surface area contributed by atoms with Crippen molar-refractivity contribution in [3.63, 3.8) is 0 Å². The van der Waals surface area contributed by atoms with Gasteiger partial charge in [0.05, 0.1) is 12.7 Å². The summed E-state index contributed by atoms with van der Waals surface area (Å²) < 4.78 is 16.4. The van der Waals surface area contributed by atoms with Crippen molar-refractivity contribution >= 4 is 33.7 Å². The number of carboxylic acids is 1. The van der Waals surface area contributed by atoms with E-state index in [0.29, 0.717) is 33.2 Å². The summed E-state index contributed by atoms with van der Waals surface area (Å²) in [6.45, 7) is 1.49. The number of ether oxygens (including phenoxy) is 2. The number of rotatable bonds is 9. The molecule has 0 spiro atoms. The molecule has 0 saturated heterocycles. The Hall–Kier alpha value is -5.25. The Balaban J connectivity index is 1.29. The molecule has 10 nitrogen and oxygen atoms in total. The van der Waals surface area contributed by atoms with Crippen LogP contribution in [-0.2, 0) is 16.0 Å². The van der Waals surface area contributed by atoms with Gasteiger partial charge in [-0.25, -0.2) is 9.59 Å². The number of methoxy groups -OCH3 is 1. The quantitative estimate of drug-likeness (QED) is 0.202. The highest BCUT2D eigenvalue weighted by Crippen LogP contribution is 2.27. The highest BCUT2D eigenvalue weighted by atomic mass is 16.5. The number of aromatic amines is 1. The number of fused-ring (bicyclic) bond motifs is 2. The fourth-order valence-corrected chi connectivity index (χ4v) is 4.44. The lowest BCUT2D eigenvalue weighted by Crippen LogP contribution is -2.47. The van der Waals surface area contributed by atoms with Crippen LogP contribution in [0.25, 0.3) is 33.0 Å². The van der Waals surface area contributed by atoms with Gasteiger partial charge in [-0.15, -0.1) is 0 Å². The van der Waals surface area contributed by atoms with E-state index < -0.39 is 29.6 Å². The second kappa shape index (κ2) is 10.9. The Morgan fingerprint density at radius 3 is 2.50 bits per heavy atom. The average Bonchev–Trinajstić information content (AvgIpc) is 3.33. The molecule has 0 unspecified atom stereocenters. The number of H-pyrrole nitrogens is 1. The van der Waals surface area contributed by atoms with Gasteiger partial charge in [0, 0.05) is 35.0 Å². The molecular weight excluding hydrogens is 516 g/mol. The Morgan fingerprint density at radius 1 is 1.02 bits per heavy atom. The molecule has 204 valence electrons. The van der Waals surface area contributed by atoms with Gasteiger partial charge in [-0.3, -0.25) is 4.79 Å². The largest absolute Gasteiger partial charge is 0.508 e. The summed E-state index contributed by atoms with van der Waals surface area (Å²) in [5.74, 6) is -0.854. The van der Waals surface area contributed by atoms with E-state index in [1.165, 1.54) is 25.1 Å². The monoisotopic (exact) mass is 542 g/mol. The highest BCUT2D eigenvalue weighted by molar-refractivity contribution is 5.89. The van der Waals surface area contributed by atoms with Crippen LogP contribution in [0.4, 0.5) is 0 Å². The zero-order valence-electron chi connectivity index (χ0n) is 21.6. The van der Waals surface area contributed by atoms with Crippen LogP contribution in [0.5, 0.6) is 17.2 Å². The molecule has 40 heavy (non-hydrogen) atoms. The van der Waals surface area contributed by atoms with Gasteiger partial charge in [0.2, 0.25) is 0 Å². The molecule has 0 bridgehead atoms. The zero-order valence-corrected chi connectivity index (χ0v) is 21.6. The number of carbonyl (C=O) groups is 2. The summed E-state index contributed by atoms with van der Waals surface area (Å²) in [5.41, 5.74) is 2.18. The van der Waals surface area contributed by atoms with Gasteiger partial charge >= 0.3 is 11.6 Å². The van der Waals surface area contributed by atoms with E-state index in [1.807, 2.05) is 0 Å². The topological polar surface area (TPSA) is 151 Å². The Morgan fingerprint density at radius 2 is 1.77 bits per heavy atom. The van der Waals surface area contributed by atoms with Gasteiger partial charge in [-0.1, -0.05) is 12.1 Å². The van der Waals surface area contributed by atoms with E-state index in [4.69, 9.17) is 13.9 Å². The standard InChI is InChI=1S/C30H26N2O8/c1-16(28(34)32-26(29(35)36)12-19-15-31-25-10-6-20(33)13-23(19)25)39-22-9-5-18-11-24(30(37)40-27(18)14-22)17-3-7-21(38-2)8-4-17/h3-11,13-16,26,31,33H,12H2,1-2H3,(H,32,34)(H,35,36)/t16-,26-/m1/s1. The van der Waals surface area contributed by atoms with E-state index in [0.717, 1.165) is 5.52 Å². The highest BCUT2D eigenvalue weighted by Gasteiger charge is 2.25. The van der Waals surface area contributed by atoms with Crippen LogP contribution < -0.4 is 20.4 Å². The Labute approximate surface area is 227 Å². The van der Waals surface area contributed by atoms with Gasteiger partial charge in [0.25, 0.3) is 5.91 Å². The van der Waals surface area contributed by atoms with Crippen molar-refractivity contribution in [1.29, 1.82) is 0 Å². The zero-order chi connectivity index (χ0) is 28.4. The number of carbonyl (C=O) groups excluding carboxylic acids is 1. The van der Waals surface area contributed by atoms with Crippen molar-refractivity contribution in [3.05, 3.63) is 88.9 Å². The molecule has 0 aliphatic carbocycles. The van der Waals surface area contributed by atoms with E-state index in [9.17, 15) is 24.6 Å². The predicted molar refractivity (Wildman–Crippen MR) is 148 cm³/mol. The van der Waals surface area contributed by atoms with Crippen LogP contribution in [0.3, 0.4) is 0 Å². The summed E-state index contributed by atoms with van der Waals surface area (Å²) >= 11 is 0. The molecule has 5 aromatic rings. The third-order valence-electron chi connectivity index (χ3n) is 6.58. The van der Waals surface area contributed by atoms with Gasteiger partial charge in [0.15, 0.2) is 6.10 Å². The SMILES string of the molecule is COc1ccc(-c2cc3ccc(O[C@H](C)C(=O)N[C@H](Cc4c[nH]c5ccc(O)cc45)C(=O)O)cc3oc2=O)cc1. The van der Waals surface area contributed by atoms with Crippen molar-refractivity contribution in [3.8, 4) is 28.4 Å². The number of carboxylic acid groups (broad SMARTS) is 1. The maximum absolute atomic E-state index is 12.8. The van der Waals surface area contributed by atoms with Crippen molar-refractivity contribution in [1.82, 2.24) is 10.3 Å². The first kappa shape index (κ1) is 26.4. The molecule has 5 rings (SSSR count). The summed E-state index contributed by atoms with van der Waals surface area (Å²) in [7, 11) is 1.56. The number of benzene rings is 3. The lowest BCUT2D eigenvalue weighted by molar-refractivity contribution is -0.142. The first-order chi connectivity index (χ1) is 19.2. The molecular formula is C30H26N2O8. The van der Waals surface area contributed by atoms with Crippen molar-refractivity contribution in [2.45, 2.75) is 25.5 Å². The van der Waals surface area contributed by atoms with Gasteiger partial charge in [0.1, 0.15) is 28.9 Å². The first-order valence-corrected chi connectivity index (χ1v) is 12.4. The van der Waals surface area contributed by atoms with Crippen LogP contribution in [0.1, 0.15) is 12.5 Å². The van der Waals surface area contributed by atoms with Gasteiger partial charge in [-0.05, 0) is 66.6 Å². The Kier molecular flexibility index (Phi) is 7.15. The molecule has 0 fully saturated rings. The minimum absolute atomic E-state index is 0.00505. The smallest absolute Gasteiger partial charge is 0.344 e. The summed E-state index contributed by atoms with van der Waals surface area (Å²) in [6, 6.07) is 17.1. The third-order valence-corrected chi connectivity index (χ3v) is 6.58. The number of phenols is 1. The number of aliphatic carboxylic acids is 1. The van der Waals surface area contributed by atoms with Crippen LogP contribution in [0.2, 0.25) is 0 Å². The molecule has 3 aromatic carbocycles. The average molecular weight is 543 g/mol. The second-order valence-corrected chi connectivity index (χ2v) is 9.28. The number of aromatic nitrogens is 1. The lowest BCUT2D eigenvalue weighted by atomic mass is 10.0. The number of hydrogen-bond donors (Lipinski definition) is 4. The molecule has 10 heteroatoms. The first-order valence-electron chi connectivity index (χ1n) is 12.4. The van der Waals surface area contributed by atoms with Crippen molar-refractivity contribution in [2.24, 2.45) is 0 Å². The summed E-state index contributed by atoms with van der Waals surface area (Å²) in [5, 5.41) is 23.4. The van der Waals surface area contributed by atoms with E-state index in [-0.39, 0.29) is 23.5 Å². The van der Waals surface area contributed by atoms with Crippen LogP contribution in [0.15, 0.2) is 82.1 Å². The normalized spacial score (nSPS) is 12.7. The molecule has 0 radical (unpaired) electrons. The summed E-state index contributed by atoms with van der Waals surface area (Å²) in [6.07, 6.45) is 0.598. The van der Waals surface area contributed by atoms with E-state index in [2.05, 4.69) is 10.3 Å². The van der Waals surface area contributed by atoms with E-state index >= 15 is 0 Å². The molecule has 0 aliphatic heterocycles. The minimum Gasteiger partial charge on any atom is -0.508 e. The number of phenolic OH excluding ortho intramolecular Hbond substituents is 1. The number of nitrogens with one attached hydrogen (secondary N) is 2. The minimum atomic E-state index is -1.23. The lowest BCUT2D eigenvalue weighted by Gasteiger charge is -2.19. The number of aromatic hydroxyl groups is 1.